The molecule has 2 aromatic rings. The first-order chi connectivity index (χ1) is 8.56. The summed E-state index contributed by atoms with van der Waals surface area (Å²) < 4.78 is 6.42. The van der Waals surface area contributed by atoms with Crippen LogP contribution in [0.15, 0.2) is 35.1 Å². The number of halogens is 2. The molecule has 3 nitrogen and oxygen atoms in total. The molecule has 5 heteroatoms. The summed E-state index contributed by atoms with van der Waals surface area (Å²) in [6, 6.07) is 5.54. The van der Waals surface area contributed by atoms with Gasteiger partial charge in [-0.3, -0.25) is 0 Å². The van der Waals surface area contributed by atoms with Crippen molar-refractivity contribution in [2.45, 2.75) is 20.0 Å². The zero-order valence-electron chi connectivity index (χ0n) is 10.0. The highest BCUT2D eigenvalue weighted by molar-refractivity contribution is 9.10. The third kappa shape index (κ3) is 3.21. The van der Waals surface area contributed by atoms with Gasteiger partial charge in [0.2, 0.25) is 0 Å². The molecule has 1 aromatic carbocycles. The topological polar surface area (TPSA) is 35.0 Å². The summed E-state index contributed by atoms with van der Waals surface area (Å²) in [5.74, 6) is 1.31. The van der Waals surface area contributed by atoms with Crippen LogP contribution >= 0.6 is 27.5 Å². The molecule has 2 rings (SSSR count). The van der Waals surface area contributed by atoms with E-state index in [1.807, 2.05) is 32.0 Å². The molecule has 0 aliphatic rings. The molecule has 18 heavy (non-hydrogen) atoms. The molecule has 94 valence electrons. The van der Waals surface area contributed by atoms with Crippen LogP contribution in [0.5, 0.6) is 5.75 Å². The van der Waals surface area contributed by atoms with Gasteiger partial charge in [0.1, 0.15) is 5.75 Å². The number of hydrogen-bond donors (Lipinski definition) is 0. The average Bonchev–Trinajstić information content (AvgIpc) is 2.32. The predicted octanol–water partition coefficient (Wildman–Crippen LogP) is 4.35. The number of nitrogens with zero attached hydrogens (tertiary/aromatic N) is 2. The standard InChI is InChI=1S/C13H12BrClN2O/c1-8(2)18-12-4-3-9(5-11(12)15)13-16-6-10(14)7-17-13/h3-8H,1-2H3. The van der Waals surface area contributed by atoms with Crippen molar-refractivity contribution >= 4 is 27.5 Å². The Morgan fingerprint density at radius 1 is 1.22 bits per heavy atom. The first-order valence-corrected chi connectivity index (χ1v) is 6.67. The highest BCUT2D eigenvalue weighted by atomic mass is 79.9. The molecule has 0 saturated heterocycles. The molecule has 0 spiro atoms. The fraction of sp³-hybridized carbons (Fsp3) is 0.231. The lowest BCUT2D eigenvalue weighted by molar-refractivity contribution is 0.242. The second kappa shape index (κ2) is 5.67. The summed E-state index contributed by atoms with van der Waals surface area (Å²) in [5.41, 5.74) is 0.864. The van der Waals surface area contributed by atoms with Crippen LogP contribution in [-0.4, -0.2) is 16.1 Å². The van der Waals surface area contributed by atoms with Crippen molar-refractivity contribution in [1.82, 2.24) is 9.97 Å². The minimum Gasteiger partial charge on any atom is -0.489 e. The molecule has 0 N–H and O–H groups in total. The van der Waals surface area contributed by atoms with Gasteiger partial charge in [-0.25, -0.2) is 9.97 Å². The maximum Gasteiger partial charge on any atom is 0.159 e. The molecule has 0 aliphatic carbocycles. The SMILES string of the molecule is CC(C)Oc1ccc(-c2ncc(Br)cn2)cc1Cl. The summed E-state index contributed by atoms with van der Waals surface area (Å²) in [5, 5.41) is 0.563. The lowest BCUT2D eigenvalue weighted by Gasteiger charge is -2.11. The molecule has 1 heterocycles. The smallest absolute Gasteiger partial charge is 0.159 e. The van der Waals surface area contributed by atoms with Crippen molar-refractivity contribution in [3.8, 4) is 17.1 Å². The van der Waals surface area contributed by atoms with Crippen LogP contribution in [0.3, 0.4) is 0 Å². The van der Waals surface area contributed by atoms with Gasteiger partial charge in [-0.15, -0.1) is 0 Å². The Balaban J connectivity index is 2.31. The van der Waals surface area contributed by atoms with E-state index < -0.39 is 0 Å². The Bertz CT molecular complexity index is 543. The normalized spacial score (nSPS) is 10.7. The van der Waals surface area contributed by atoms with Crippen LogP contribution in [-0.2, 0) is 0 Å². The second-order valence-corrected chi connectivity index (χ2v) is 5.36. The second-order valence-electron chi connectivity index (χ2n) is 4.04. The Labute approximate surface area is 119 Å². The molecular formula is C13H12BrClN2O. The quantitative estimate of drug-likeness (QED) is 0.841. The van der Waals surface area contributed by atoms with E-state index >= 15 is 0 Å². The van der Waals surface area contributed by atoms with E-state index in [1.54, 1.807) is 12.4 Å². The summed E-state index contributed by atoms with van der Waals surface area (Å²) in [7, 11) is 0. The van der Waals surface area contributed by atoms with Crippen molar-refractivity contribution in [3.05, 3.63) is 40.1 Å². The van der Waals surface area contributed by atoms with Crippen LogP contribution < -0.4 is 4.74 Å². The molecule has 0 saturated carbocycles. The van der Waals surface area contributed by atoms with Crippen molar-refractivity contribution in [2.24, 2.45) is 0 Å². The first kappa shape index (κ1) is 13.3. The van der Waals surface area contributed by atoms with Gasteiger partial charge in [-0.05, 0) is 48.0 Å². The molecule has 0 unspecified atom stereocenters. The highest BCUT2D eigenvalue weighted by Gasteiger charge is 2.07. The number of rotatable bonds is 3. The Kier molecular flexibility index (Phi) is 4.19. The van der Waals surface area contributed by atoms with Crippen molar-refractivity contribution in [2.75, 3.05) is 0 Å². The lowest BCUT2D eigenvalue weighted by Crippen LogP contribution is -2.05. The fourth-order valence-electron chi connectivity index (χ4n) is 1.45. The van der Waals surface area contributed by atoms with Crippen molar-refractivity contribution in [3.63, 3.8) is 0 Å². The van der Waals surface area contributed by atoms with Crippen molar-refractivity contribution in [1.29, 1.82) is 0 Å². The van der Waals surface area contributed by atoms with E-state index in [0.29, 0.717) is 16.6 Å². The van der Waals surface area contributed by atoms with E-state index in [9.17, 15) is 0 Å². The maximum absolute atomic E-state index is 6.16. The largest absolute Gasteiger partial charge is 0.489 e. The van der Waals surface area contributed by atoms with Crippen molar-refractivity contribution < 1.29 is 4.74 Å². The van der Waals surface area contributed by atoms with E-state index in [2.05, 4.69) is 25.9 Å². The van der Waals surface area contributed by atoms with Crippen LogP contribution in [0, 0.1) is 0 Å². The zero-order valence-corrected chi connectivity index (χ0v) is 12.4. The van der Waals surface area contributed by atoms with Gasteiger partial charge in [0.05, 0.1) is 15.6 Å². The monoisotopic (exact) mass is 326 g/mol. The molecule has 0 bridgehead atoms. The van der Waals surface area contributed by atoms with Crippen LogP contribution in [0.2, 0.25) is 5.02 Å². The third-order valence-corrected chi connectivity index (χ3v) is 2.88. The molecule has 0 aliphatic heterocycles. The lowest BCUT2D eigenvalue weighted by atomic mass is 10.2. The van der Waals surface area contributed by atoms with Crippen LogP contribution in [0.25, 0.3) is 11.4 Å². The predicted molar refractivity (Wildman–Crippen MR) is 75.9 cm³/mol. The number of benzene rings is 1. The fourth-order valence-corrected chi connectivity index (χ4v) is 1.88. The van der Waals surface area contributed by atoms with Crippen LogP contribution in [0.1, 0.15) is 13.8 Å². The molecule has 1 aromatic heterocycles. The van der Waals surface area contributed by atoms with Gasteiger partial charge < -0.3 is 4.74 Å². The zero-order chi connectivity index (χ0) is 13.1. The molecule has 0 amide bonds. The third-order valence-electron chi connectivity index (χ3n) is 2.17. The Morgan fingerprint density at radius 2 is 1.89 bits per heavy atom. The summed E-state index contributed by atoms with van der Waals surface area (Å²) >= 11 is 9.46. The summed E-state index contributed by atoms with van der Waals surface area (Å²) in [4.78, 5) is 8.45. The van der Waals surface area contributed by atoms with Gasteiger partial charge in [-0.2, -0.15) is 0 Å². The van der Waals surface area contributed by atoms with Crippen LogP contribution in [0.4, 0.5) is 0 Å². The number of ether oxygens (including phenoxy) is 1. The van der Waals surface area contributed by atoms with Gasteiger partial charge in [0.15, 0.2) is 5.82 Å². The minimum absolute atomic E-state index is 0.0947. The molecule has 0 fully saturated rings. The van der Waals surface area contributed by atoms with E-state index in [4.69, 9.17) is 16.3 Å². The van der Waals surface area contributed by atoms with Gasteiger partial charge in [0.25, 0.3) is 0 Å². The van der Waals surface area contributed by atoms with Gasteiger partial charge in [-0.1, -0.05) is 11.6 Å². The summed E-state index contributed by atoms with van der Waals surface area (Å²) in [6.07, 6.45) is 3.50. The maximum atomic E-state index is 6.16. The number of aromatic nitrogens is 2. The van der Waals surface area contributed by atoms with Gasteiger partial charge >= 0.3 is 0 Å². The van der Waals surface area contributed by atoms with Gasteiger partial charge in [0, 0.05) is 18.0 Å². The Hall–Kier alpha value is -1.13. The highest BCUT2D eigenvalue weighted by Crippen LogP contribution is 2.29. The molecule has 0 radical (unpaired) electrons. The molecular weight excluding hydrogens is 316 g/mol. The van der Waals surface area contributed by atoms with E-state index in [0.717, 1.165) is 10.0 Å². The first-order valence-electron chi connectivity index (χ1n) is 5.50. The Morgan fingerprint density at radius 3 is 2.44 bits per heavy atom. The number of hydrogen-bond acceptors (Lipinski definition) is 3. The van der Waals surface area contributed by atoms with E-state index in [-0.39, 0.29) is 6.10 Å². The molecule has 0 atom stereocenters. The minimum atomic E-state index is 0.0947. The average molecular weight is 328 g/mol. The summed E-state index contributed by atoms with van der Waals surface area (Å²) in [6.45, 7) is 3.92. The van der Waals surface area contributed by atoms with E-state index in [1.165, 1.54) is 0 Å².